The van der Waals surface area contributed by atoms with E-state index in [4.69, 9.17) is 0 Å². The fourth-order valence-corrected chi connectivity index (χ4v) is 3.54. The Kier molecular flexibility index (Phi) is 7.54. The minimum Gasteiger partial charge on any atom is -0.391 e. The van der Waals surface area contributed by atoms with Gasteiger partial charge in [0.1, 0.15) is 11.7 Å². The van der Waals surface area contributed by atoms with Crippen molar-refractivity contribution < 1.29 is 24.9 Å². The van der Waals surface area contributed by atoms with Crippen LogP contribution in [0.4, 0.5) is 0 Å². The lowest BCUT2D eigenvalue weighted by molar-refractivity contribution is -0.157. The fourth-order valence-electron chi connectivity index (χ4n) is 3.54. The maximum Gasteiger partial charge on any atom is 0.180 e. The average Bonchev–Trinajstić information content (AvgIpc) is 2.69. The molecule has 5 nitrogen and oxygen atoms in total. The molecule has 0 heterocycles. The minimum absolute atomic E-state index is 0.242. The fraction of sp³-hybridized carbons (Fsp3) is 0.800. The monoisotopic (exact) mass is 354 g/mol. The van der Waals surface area contributed by atoms with Crippen molar-refractivity contribution in [3.63, 3.8) is 0 Å². The van der Waals surface area contributed by atoms with Gasteiger partial charge in [-0.2, -0.15) is 0 Å². The minimum atomic E-state index is -2.09. The highest BCUT2D eigenvalue weighted by atomic mass is 16.4. The van der Waals surface area contributed by atoms with Gasteiger partial charge < -0.3 is 15.3 Å². The number of Topliss-reactive ketones (excluding diaryl/α,β-unsaturated/α-hetero) is 2. The molecule has 5 heteroatoms. The average molecular weight is 354 g/mol. The third kappa shape index (κ3) is 4.57. The standard InChI is InChI=1S/C20H34O5/c1-11(2)7-9-14-18(23)16(17(22)13(5)6)19(24)20(14,25)15(21)10-8-12(3)4/h7,12-16,18,21,23,25H,8-10H2,1-6H3. The van der Waals surface area contributed by atoms with Crippen molar-refractivity contribution in [2.45, 2.75) is 78.6 Å². The van der Waals surface area contributed by atoms with Crippen molar-refractivity contribution in [3.05, 3.63) is 11.6 Å². The van der Waals surface area contributed by atoms with Gasteiger partial charge in [-0.3, -0.25) is 9.59 Å². The first-order valence-corrected chi connectivity index (χ1v) is 9.24. The zero-order valence-corrected chi connectivity index (χ0v) is 16.3. The second kappa shape index (κ2) is 8.56. The van der Waals surface area contributed by atoms with Crippen molar-refractivity contribution >= 4 is 11.6 Å². The summed E-state index contributed by atoms with van der Waals surface area (Å²) in [6.45, 7) is 11.1. The lowest BCUT2D eigenvalue weighted by atomic mass is 9.79. The first kappa shape index (κ1) is 22.0. The van der Waals surface area contributed by atoms with Gasteiger partial charge in [-0.05, 0) is 39.0 Å². The zero-order valence-electron chi connectivity index (χ0n) is 16.3. The molecule has 0 saturated heterocycles. The van der Waals surface area contributed by atoms with Gasteiger partial charge in [-0.15, -0.1) is 0 Å². The normalized spacial score (nSPS) is 30.8. The SMILES string of the molecule is CC(C)=CCC1C(O)C(C(=O)C(C)C)C(=O)C1(O)C(O)CCC(C)C. The Labute approximate surface area is 151 Å². The molecule has 5 atom stereocenters. The van der Waals surface area contributed by atoms with E-state index in [0.29, 0.717) is 12.3 Å². The van der Waals surface area contributed by atoms with Gasteiger partial charge >= 0.3 is 0 Å². The van der Waals surface area contributed by atoms with Crippen molar-refractivity contribution in [1.82, 2.24) is 0 Å². The molecule has 0 bridgehead atoms. The van der Waals surface area contributed by atoms with Crippen molar-refractivity contribution in [2.24, 2.45) is 23.7 Å². The molecule has 0 aromatic carbocycles. The van der Waals surface area contributed by atoms with Gasteiger partial charge in [0, 0.05) is 11.8 Å². The summed E-state index contributed by atoms with van der Waals surface area (Å²) in [5.41, 5.74) is -1.10. The van der Waals surface area contributed by atoms with Gasteiger partial charge in [0.25, 0.3) is 0 Å². The molecule has 0 spiro atoms. The second-order valence-electron chi connectivity index (χ2n) is 8.33. The first-order valence-electron chi connectivity index (χ1n) is 9.24. The highest BCUT2D eigenvalue weighted by Gasteiger charge is 2.63. The Morgan fingerprint density at radius 3 is 2.20 bits per heavy atom. The molecule has 1 fully saturated rings. The molecule has 1 rings (SSSR count). The van der Waals surface area contributed by atoms with Gasteiger partial charge in [-0.25, -0.2) is 0 Å². The Balaban J connectivity index is 3.24. The van der Waals surface area contributed by atoms with Crippen LogP contribution in [0, 0.1) is 23.7 Å². The molecule has 0 aromatic rings. The lowest BCUT2D eigenvalue weighted by Gasteiger charge is -2.34. The van der Waals surface area contributed by atoms with Gasteiger partial charge in [0.2, 0.25) is 0 Å². The van der Waals surface area contributed by atoms with Crippen LogP contribution in [-0.2, 0) is 9.59 Å². The van der Waals surface area contributed by atoms with Gasteiger partial charge in [-0.1, -0.05) is 39.3 Å². The van der Waals surface area contributed by atoms with E-state index in [-0.39, 0.29) is 18.6 Å². The number of allylic oxidation sites excluding steroid dienone is 2. The molecule has 25 heavy (non-hydrogen) atoms. The van der Waals surface area contributed by atoms with Crippen LogP contribution in [-0.4, -0.2) is 44.7 Å². The molecule has 0 aliphatic heterocycles. The molecule has 1 aliphatic carbocycles. The quantitative estimate of drug-likeness (QED) is 0.459. The molecule has 5 unspecified atom stereocenters. The van der Waals surface area contributed by atoms with E-state index in [9.17, 15) is 24.9 Å². The molecule has 1 saturated carbocycles. The molecule has 0 amide bonds. The Hall–Kier alpha value is -1.04. The summed E-state index contributed by atoms with van der Waals surface area (Å²) < 4.78 is 0. The number of carbonyl (C=O) groups is 2. The van der Waals surface area contributed by atoms with Crippen LogP contribution >= 0.6 is 0 Å². The molecular formula is C20H34O5. The van der Waals surface area contributed by atoms with E-state index >= 15 is 0 Å². The van der Waals surface area contributed by atoms with Crippen molar-refractivity contribution in [2.75, 3.05) is 0 Å². The number of aliphatic hydroxyl groups is 3. The van der Waals surface area contributed by atoms with Crippen LogP contribution in [0.1, 0.15) is 60.8 Å². The van der Waals surface area contributed by atoms with Crippen molar-refractivity contribution in [1.29, 1.82) is 0 Å². The Bertz CT molecular complexity index is 518. The van der Waals surface area contributed by atoms with Crippen LogP contribution in [0.15, 0.2) is 11.6 Å². The summed E-state index contributed by atoms with van der Waals surface area (Å²) in [5.74, 6) is -3.39. The Morgan fingerprint density at radius 2 is 1.76 bits per heavy atom. The summed E-state index contributed by atoms with van der Waals surface area (Å²) in [6.07, 6.45) is 0.385. The summed E-state index contributed by atoms with van der Waals surface area (Å²) in [6, 6.07) is 0. The van der Waals surface area contributed by atoms with Crippen LogP contribution in [0.25, 0.3) is 0 Å². The van der Waals surface area contributed by atoms with E-state index < -0.39 is 41.3 Å². The van der Waals surface area contributed by atoms with Gasteiger partial charge in [0.15, 0.2) is 11.4 Å². The van der Waals surface area contributed by atoms with E-state index in [1.807, 2.05) is 33.8 Å². The van der Waals surface area contributed by atoms with Crippen LogP contribution in [0.3, 0.4) is 0 Å². The number of rotatable bonds is 8. The van der Waals surface area contributed by atoms with Crippen molar-refractivity contribution in [3.8, 4) is 0 Å². The van der Waals surface area contributed by atoms with E-state index in [1.54, 1.807) is 13.8 Å². The molecule has 144 valence electrons. The van der Waals surface area contributed by atoms with Gasteiger partial charge in [0.05, 0.1) is 12.2 Å². The summed E-state index contributed by atoms with van der Waals surface area (Å²) >= 11 is 0. The largest absolute Gasteiger partial charge is 0.391 e. The number of aliphatic hydroxyl groups excluding tert-OH is 2. The maximum absolute atomic E-state index is 12.9. The molecule has 1 aliphatic rings. The molecule has 0 aromatic heterocycles. The van der Waals surface area contributed by atoms with Crippen LogP contribution < -0.4 is 0 Å². The third-order valence-electron chi connectivity index (χ3n) is 5.18. The summed E-state index contributed by atoms with van der Waals surface area (Å²) in [4.78, 5) is 25.4. The number of hydrogen-bond donors (Lipinski definition) is 3. The number of ketones is 2. The maximum atomic E-state index is 12.9. The number of carbonyl (C=O) groups excluding carboxylic acids is 2. The van der Waals surface area contributed by atoms with E-state index in [1.165, 1.54) is 0 Å². The van der Waals surface area contributed by atoms with Crippen LogP contribution in [0.5, 0.6) is 0 Å². The highest BCUT2D eigenvalue weighted by Crippen LogP contribution is 2.44. The molecule has 3 N–H and O–H groups in total. The third-order valence-corrected chi connectivity index (χ3v) is 5.18. The smallest absolute Gasteiger partial charge is 0.180 e. The molecular weight excluding hydrogens is 320 g/mol. The first-order chi connectivity index (χ1) is 11.4. The number of hydrogen-bond acceptors (Lipinski definition) is 5. The summed E-state index contributed by atoms with van der Waals surface area (Å²) in [7, 11) is 0. The zero-order chi connectivity index (χ0) is 19.5. The second-order valence-corrected chi connectivity index (χ2v) is 8.33. The topological polar surface area (TPSA) is 94.8 Å². The summed E-state index contributed by atoms with van der Waals surface area (Å²) in [5, 5.41) is 32.4. The highest BCUT2D eigenvalue weighted by molar-refractivity contribution is 6.09. The predicted molar refractivity (Wildman–Crippen MR) is 96.9 cm³/mol. The lowest BCUT2D eigenvalue weighted by Crippen LogP contribution is -2.52. The Morgan fingerprint density at radius 1 is 1.20 bits per heavy atom. The van der Waals surface area contributed by atoms with E-state index in [2.05, 4.69) is 0 Å². The van der Waals surface area contributed by atoms with Crippen LogP contribution in [0.2, 0.25) is 0 Å². The predicted octanol–water partition coefficient (Wildman–Crippen LogP) is 2.27. The van der Waals surface area contributed by atoms with E-state index in [0.717, 1.165) is 5.57 Å². The molecule has 0 radical (unpaired) electrons.